The van der Waals surface area contributed by atoms with Gasteiger partial charge in [-0.2, -0.15) is 0 Å². The molecule has 0 radical (unpaired) electrons. The van der Waals surface area contributed by atoms with Crippen LogP contribution in [0.4, 0.5) is 0 Å². The van der Waals surface area contributed by atoms with Crippen LogP contribution in [0.3, 0.4) is 0 Å². The first-order valence-corrected chi connectivity index (χ1v) is 15.9. The summed E-state index contributed by atoms with van der Waals surface area (Å²) < 4.78 is 0. The molecule has 0 nitrogen and oxygen atoms in total. The van der Waals surface area contributed by atoms with Crippen LogP contribution >= 0.6 is 0 Å². The van der Waals surface area contributed by atoms with Gasteiger partial charge in [0, 0.05) is 0 Å². The topological polar surface area (TPSA) is 0 Å². The van der Waals surface area contributed by atoms with Crippen LogP contribution in [0.1, 0.15) is 134 Å². The molecule has 0 saturated carbocycles. The van der Waals surface area contributed by atoms with Crippen molar-refractivity contribution < 1.29 is 0 Å². The number of hydrogen-bond donors (Lipinski definition) is 0. The Labute approximate surface area is 240 Å². The van der Waals surface area contributed by atoms with Crippen LogP contribution < -0.4 is 0 Å². The summed E-state index contributed by atoms with van der Waals surface area (Å²) in [4.78, 5) is 0. The third-order valence-corrected chi connectivity index (χ3v) is 6.01. The Bertz CT molecular complexity index is 898. The van der Waals surface area contributed by atoms with Crippen molar-refractivity contribution >= 4 is 5.57 Å². The van der Waals surface area contributed by atoms with Gasteiger partial charge >= 0.3 is 0 Å². The largest absolute Gasteiger partial charge is 0.0873 e. The van der Waals surface area contributed by atoms with Gasteiger partial charge in [-0.3, -0.25) is 0 Å². The van der Waals surface area contributed by atoms with Gasteiger partial charge in [0.05, 0.1) is 5.41 Å². The minimum atomic E-state index is -0.171. The van der Waals surface area contributed by atoms with E-state index >= 15 is 0 Å². The highest BCUT2D eigenvalue weighted by Gasteiger charge is 2.47. The molecule has 0 aliphatic heterocycles. The zero-order valence-corrected chi connectivity index (χ0v) is 28.1. The van der Waals surface area contributed by atoms with Gasteiger partial charge < -0.3 is 0 Å². The Balaban J connectivity index is -0.000000904. The molecular weight excluding hydrogens is 456 g/mol. The highest BCUT2D eigenvalue weighted by molar-refractivity contribution is 5.87. The standard InChI is InChI=1S/C26H28.6C2H6/c1-4-11-24-20(3)23-16-8-9-17-25(23)26(24,21-13-6-5-7-14-21)22-15-10-12-19(2)18-22;6*1-2/h4,6,8-11,13-19H,5,7,12H2,1-3H3;6*1-2H3/b11-4-;;;;;;. The molecule has 0 aromatic heterocycles. The molecule has 38 heavy (non-hydrogen) atoms. The molecule has 0 N–H and O–H groups in total. The molecule has 0 spiro atoms. The Kier molecular flexibility index (Phi) is 26.4. The summed E-state index contributed by atoms with van der Waals surface area (Å²) in [5.74, 6) is 0.583. The summed E-state index contributed by atoms with van der Waals surface area (Å²) in [5.41, 5.74) is 8.38. The number of benzene rings is 1. The van der Waals surface area contributed by atoms with Gasteiger partial charge in [-0.05, 0) is 72.4 Å². The minimum Gasteiger partial charge on any atom is -0.0873 e. The second-order valence-electron chi connectivity index (χ2n) is 7.71. The van der Waals surface area contributed by atoms with Crippen LogP contribution in [0, 0.1) is 5.92 Å². The van der Waals surface area contributed by atoms with E-state index in [1.54, 1.807) is 0 Å². The Morgan fingerprint density at radius 2 is 1.29 bits per heavy atom. The predicted molar refractivity (Wildman–Crippen MR) is 181 cm³/mol. The highest BCUT2D eigenvalue weighted by atomic mass is 14.5. The van der Waals surface area contributed by atoms with Crippen LogP contribution in [0.15, 0.2) is 89.6 Å². The molecule has 3 aliphatic rings. The zero-order valence-electron chi connectivity index (χ0n) is 28.1. The molecule has 0 bridgehead atoms. The van der Waals surface area contributed by atoms with Crippen molar-refractivity contribution in [3.05, 3.63) is 101 Å². The first-order chi connectivity index (χ1) is 18.7. The zero-order chi connectivity index (χ0) is 30.1. The summed E-state index contributed by atoms with van der Waals surface area (Å²) in [6.07, 6.45) is 22.4. The lowest BCUT2D eigenvalue weighted by molar-refractivity contribution is 0.676. The van der Waals surface area contributed by atoms with E-state index < -0.39 is 0 Å². The number of hydrogen-bond acceptors (Lipinski definition) is 0. The first kappa shape index (κ1) is 40.2. The smallest absolute Gasteiger partial charge is 0.0703 e. The molecule has 0 saturated heterocycles. The van der Waals surface area contributed by atoms with Crippen molar-refractivity contribution in [1.82, 2.24) is 0 Å². The molecule has 2 unspecified atom stereocenters. The van der Waals surface area contributed by atoms with Crippen LogP contribution in [-0.4, -0.2) is 0 Å². The second kappa shape index (κ2) is 25.0. The summed E-state index contributed by atoms with van der Waals surface area (Å²) in [7, 11) is 0. The fourth-order valence-corrected chi connectivity index (χ4v) is 4.90. The second-order valence-corrected chi connectivity index (χ2v) is 7.71. The Morgan fingerprint density at radius 3 is 1.79 bits per heavy atom. The maximum absolute atomic E-state index is 2.50. The minimum absolute atomic E-state index is 0.171. The average Bonchev–Trinajstić information content (AvgIpc) is 3.28. The number of fused-ring (bicyclic) bond motifs is 1. The van der Waals surface area contributed by atoms with Crippen molar-refractivity contribution in [3.63, 3.8) is 0 Å². The molecule has 0 fully saturated rings. The summed E-state index contributed by atoms with van der Waals surface area (Å²) in [6.45, 7) is 30.8. The molecular formula is C38H64. The van der Waals surface area contributed by atoms with E-state index in [9.17, 15) is 0 Å². The fraction of sp³-hybridized carbons (Fsp3) is 0.526. The normalized spacial score (nSPS) is 19.9. The summed E-state index contributed by atoms with van der Waals surface area (Å²) in [6, 6.07) is 9.00. The lowest BCUT2D eigenvalue weighted by atomic mass is 9.63. The lowest BCUT2D eigenvalue weighted by Gasteiger charge is -2.38. The maximum Gasteiger partial charge on any atom is 0.0703 e. The quantitative estimate of drug-likeness (QED) is 0.372. The Hall–Kier alpha value is -2.34. The van der Waals surface area contributed by atoms with E-state index in [0.29, 0.717) is 5.92 Å². The van der Waals surface area contributed by atoms with Crippen molar-refractivity contribution in [1.29, 1.82) is 0 Å². The first-order valence-electron chi connectivity index (χ1n) is 15.9. The average molecular weight is 521 g/mol. The summed E-state index contributed by atoms with van der Waals surface area (Å²) in [5, 5.41) is 0. The molecule has 0 heteroatoms. The predicted octanol–water partition coefficient (Wildman–Crippen LogP) is 13.2. The van der Waals surface area contributed by atoms with Crippen molar-refractivity contribution in [2.75, 3.05) is 0 Å². The van der Waals surface area contributed by atoms with E-state index in [2.05, 4.69) is 93.6 Å². The van der Waals surface area contributed by atoms with Gasteiger partial charge in [-0.25, -0.2) is 0 Å². The van der Waals surface area contributed by atoms with Crippen molar-refractivity contribution in [2.24, 2.45) is 5.92 Å². The van der Waals surface area contributed by atoms with Gasteiger partial charge in [0.15, 0.2) is 0 Å². The van der Waals surface area contributed by atoms with Crippen LogP contribution in [-0.2, 0) is 5.41 Å². The van der Waals surface area contributed by atoms with Crippen LogP contribution in [0.5, 0.6) is 0 Å². The molecule has 1 aromatic carbocycles. The summed E-state index contributed by atoms with van der Waals surface area (Å²) >= 11 is 0. The van der Waals surface area contributed by atoms with Gasteiger partial charge in [-0.15, -0.1) is 0 Å². The monoisotopic (exact) mass is 521 g/mol. The lowest BCUT2D eigenvalue weighted by Crippen LogP contribution is -2.31. The molecule has 0 amide bonds. The molecule has 2 atom stereocenters. The molecule has 4 rings (SSSR count). The highest BCUT2D eigenvalue weighted by Crippen LogP contribution is 2.57. The van der Waals surface area contributed by atoms with Gasteiger partial charge in [0.25, 0.3) is 0 Å². The Morgan fingerprint density at radius 1 is 0.737 bits per heavy atom. The molecule has 216 valence electrons. The molecule has 0 heterocycles. The van der Waals surface area contributed by atoms with Gasteiger partial charge in [0.1, 0.15) is 0 Å². The van der Waals surface area contributed by atoms with Crippen molar-refractivity contribution in [2.45, 2.75) is 129 Å². The van der Waals surface area contributed by atoms with Gasteiger partial charge in [0.2, 0.25) is 0 Å². The van der Waals surface area contributed by atoms with E-state index in [4.69, 9.17) is 0 Å². The number of rotatable bonds is 3. The molecule has 3 aliphatic carbocycles. The maximum atomic E-state index is 2.50. The van der Waals surface area contributed by atoms with Crippen molar-refractivity contribution in [3.8, 4) is 0 Å². The van der Waals surface area contributed by atoms with Crippen LogP contribution in [0.2, 0.25) is 0 Å². The molecule has 1 aromatic rings. The van der Waals surface area contributed by atoms with E-state index in [1.165, 1.54) is 33.4 Å². The fourth-order valence-electron chi connectivity index (χ4n) is 4.90. The number of allylic oxidation sites excluding steroid dienone is 12. The van der Waals surface area contributed by atoms with E-state index in [-0.39, 0.29) is 5.41 Å². The van der Waals surface area contributed by atoms with E-state index in [0.717, 1.165) is 19.3 Å². The third kappa shape index (κ3) is 9.44. The third-order valence-electron chi connectivity index (χ3n) is 6.01. The van der Waals surface area contributed by atoms with Gasteiger partial charge in [-0.1, -0.05) is 163 Å². The van der Waals surface area contributed by atoms with Crippen LogP contribution in [0.25, 0.3) is 5.57 Å². The SMILES string of the molecule is C/C=C\C1=C(C)c2ccccc2C1(C1=CCCC=C1)C1=CC(C)CC=C1.CC.CC.CC.CC.CC.CC. The van der Waals surface area contributed by atoms with E-state index in [1.807, 2.05) is 83.1 Å².